The van der Waals surface area contributed by atoms with E-state index in [0.717, 1.165) is 30.8 Å². The summed E-state index contributed by atoms with van der Waals surface area (Å²) in [6.45, 7) is 0.731. The number of thioether (sulfide) groups is 1. The molecule has 180 valence electrons. The van der Waals surface area contributed by atoms with Crippen molar-refractivity contribution < 1.29 is 23.2 Å². The lowest BCUT2D eigenvalue weighted by Gasteiger charge is -2.45. The SMILES string of the molecule is CSc1cc2c(cc1O/C=C(\F)C(=O)O)S(=O)N(C)C1(CC3CCC1C3)CN2c1ccccc1. The molecule has 2 aromatic carbocycles. The Morgan fingerprint density at radius 2 is 2.06 bits per heavy atom. The third-order valence-electron chi connectivity index (χ3n) is 7.54. The maximum absolute atomic E-state index is 14.0. The number of carbonyl (C=O) groups is 1. The lowest BCUT2D eigenvalue weighted by molar-refractivity contribution is -0.134. The van der Waals surface area contributed by atoms with Gasteiger partial charge in [-0.05, 0) is 55.6 Å². The van der Waals surface area contributed by atoms with E-state index in [1.807, 2.05) is 41.9 Å². The normalized spacial score (nSPS) is 28.7. The molecule has 1 spiro atoms. The summed E-state index contributed by atoms with van der Waals surface area (Å²) in [5.41, 5.74) is 1.64. The van der Waals surface area contributed by atoms with Crippen LogP contribution >= 0.6 is 11.8 Å². The molecule has 2 bridgehead atoms. The fourth-order valence-electron chi connectivity index (χ4n) is 5.90. The Balaban J connectivity index is 1.66. The summed E-state index contributed by atoms with van der Waals surface area (Å²) >= 11 is 1.41. The first-order chi connectivity index (χ1) is 16.3. The van der Waals surface area contributed by atoms with E-state index < -0.39 is 22.8 Å². The number of benzene rings is 2. The number of likely N-dealkylation sites (N-methyl/N-ethyl adjacent to an activating group) is 1. The summed E-state index contributed by atoms with van der Waals surface area (Å²) in [6.07, 6.45) is 7.03. The summed E-state index contributed by atoms with van der Waals surface area (Å²) in [5.74, 6) is -1.67. The highest BCUT2D eigenvalue weighted by Crippen LogP contribution is 2.56. The van der Waals surface area contributed by atoms with E-state index in [1.165, 1.54) is 24.6 Å². The van der Waals surface area contributed by atoms with Gasteiger partial charge in [-0.3, -0.25) is 0 Å². The lowest BCUT2D eigenvalue weighted by Crippen LogP contribution is -2.55. The van der Waals surface area contributed by atoms with Crippen LogP contribution in [-0.2, 0) is 15.8 Å². The van der Waals surface area contributed by atoms with Gasteiger partial charge < -0.3 is 14.7 Å². The summed E-state index contributed by atoms with van der Waals surface area (Å²) < 4.78 is 35.1. The van der Waals surface area contributed by atoms with Crippen LogP contribution < -0.4 is 9.64 Å². The Hall–Kier alpha value is -2.36. The van der Waals surface area contributed by atoms with Crippen LogP contribution in [0.3, 0.4) is 0 Å². The van der Waals surface area contributed by atoms with Crippen molar-refractivity contribution in [3.8, 4) is 5.75 Å². The van der Waals surface area contributed by atoms with Gasteiger partial charge in [0.1, 0.15) is 23.0 Å². The summed E-state index contributed by atoms with van der Waals surface area (Å²) in [7, 11) is 0.472. The zero-order chi connectivity index (χ0) is 24.0. The number of anilines is 2. The van der Waals surface area contributed by atoms with Crippen molar-refractivity contribution in [3.05, 3.63) is 54.6 Å². The predicted molar refractivity (Wildman–Crippen MR) is 131 cm³/mol. The molecule has 2 aliphatic carbocycles. The topological polar surface area (TPSA) is 70.1 Å². The fourth-order valence-corrected chi connectivity index (χ4v) is 7.90. The second kappa shape index (κ2) is 9.02. The Kier molecular flexibility index (Phi) is 6.20. The van der Waals surface area contributed by atoms with Crippen molar-refractivity contribution in [2.75, 3.05) is 24.7 Å². The van der Waals surface area contributed by atoms with Crippen molar-refractivity contribution >= 4 is 40.1 Å². The first-order valence-corrected chi connectivity index (χ1v) is 13.6. The third-order valence-corrected chi connectivity index (χ3v) is 9.86. The average molecular weight is 503 g/mol. The molecular weight excluding hydrogens is 475 g/mol. The van der Waals surface area contributed by atoms with Gasteiger partial charge in [0.25, 0.3) is 0 Å². The molecule has 4 unspecified atom stereocenters. The number of halogens is 1. The molecule has 34 heavy (non-hydrogen) atoms. The fraction of sp³-hybridized carbons (Fsp3) is 0.400. The number of para-hydroxylation sites is 1. The Labute approximate surface area is 205 Å². The Morgan fingerprint density at radius 1 is 1.29 bits per heavy atom. The van der Waals surface area contributed by atoms with Crippen molar-refractivity contribution in [2.24, 2.45) is 11.8 Å². The molecule has 5 rings (SSSR count). The minimum absolute atomic E-state index is 0.210. The zero-order valence-corrected chi connectivity index (χ0v) is 20.7. The molecule has 0 radical (unpaired) electrons. The van der Waals surface area contributed by atoms with Crippen LogP contribution in [-0.4, -0.2) is 45.0 Å². The van der Waals surface area contributed by atoms with Gasteiger partial charge in [-0.15, -0.1) is 11.8 Å². The average Bonchev–Trinajstić information content (AvgIpc) is 3.45. The number of aliphatic carboxylic acids is 1. The van der Waals surface area contributed by atoms with Gasteiger partial charge in [0.05, 0.1) is 21.0 Å². The van der Waals surface area contributed by atoms with Crippen molar-refractivity contribution in [2.45, 2.75) is 41.0 Å². The summed E-state index contributed by atoms with van der Waals surface area (Å²) in [6, 6.07) is 13.7. The first kappa shape index (κ1) is 23.4. The number of ether oxygens (including phenoxy) is 1. The molecule has 4 atom stereocenters. The van der Waals surface area contributed by atoms with E-state index >= 15 is 0 Å². The van der Waals surface area contributed by atoms with E-state index in [4.69, 9.17) is 9.84 Å². The molecule has 0 aromatic heterocycles. The van der Waals surface area contributed by atoms with Crippen molar-refractivity contribution in [1.29, 1.82) is 0 Å². The number of nitrogens with zero attached hydrogens (tertiary/aromatic N) is 2. The Bertz CT molecular complexity index is 1180. The number of fused-ring (bicyclic) bond motifs is 4. The van der Waals surface area contributed by atoms with Gasteiger partial charge in [-0.25, -0.2) is 13.3 Å². The van der Waals surface area contributed by atoms with Crippen LogP contribution in [0.4, 0.5) is 15.8 Å². The zero-order valence-electron chi connectivity index (χ0n) is 19.1. The third kappa shape index (κ3) is 3.83. The molecule has 2 saturated carbocycles. The smallest absolute Gasteiger partial charge is 0.368 e. The van der Waals surface area contributed by atoms with Crippen LogP contribution in [0.5, 0.6) is 5.75 Å². The monoisotopic (exact) mass is 502 g/mol. The highest BCUT2D eigenvalue weighted by Gasteiger charge is 2.56. The molecule has 2 aromatic rings. The lowest BCUT2D eigenvalue weighted by atomic mass is 9.80. The van der Waals surface area contributed by atoms with Gasteiger partial charge >= 0.3 is 5.97 Å². The second-order valence-electron chi connectivity index (χ2n) is 9.21. The van der Waals surface area contributed by atoms with Crippen molar-refractivity contribution in [3.63, 3.8) is 0 Å². The molecule has 6 nitrogen and oxygen atoms in total. The van der Waals surface area contributed by atoms with E-state index in [2.05, 4.69) is 17.0 Å². The van der Waals surface area contributed by atoms with Crippen LogP contribution in [0.15, 0.2) is 64.3 Å². The molecule has 9 heteroatoms. The number of hydrogen-bond acceptors (Lipinski definition) is 5. The number of carboxylic acids is 1. The van der Waals surface area contributed by atoms with Gasteiger partial charge in [0.2, 0.25) is 5.83 Å². The molecule has 1 aliphatic heterocycles. The largest absolute Gasteiger partial charge is 0.476 e. The van der Waals surface area contributed by atoms with Gasteiger partial charge in [-0.1, -0.05) is 24.6 Å². The van der Waals surface area contributed by atoms with Crippen LogP contribution in [0, 0.1) is 11.8 Å². The van der Waals surface area contributed by atoms with Crippen molar-refractivity contribution in [1.82, 2.24) is 4.31 Å². The summed E-state index contributed by atoms with van der Waals surface area (Å²) in [5, 5.41) is 8.83. The maximum atomic E-state index is 14.0. The van der Waals surface area contributed by atoms with Crippen LogP contribution in [0.25, 0.3) is 0 Å². The molecule has 1 N–H and O–H groups in total. The highest BCUT2D eigenvalue weighted by molar-refractivity contribution is 7.98. The number of carboxylic acid groups (broad SMARTS) is 1. The standard InChI is InChI=1S/C25H27FN2O4S2/c1-27-25(13-16-8-9-17(25)10-16)15-28(18-6-4-3-5-7-18)20-11-22(33-2)21(12-23(20)34(27)31)32-14-19(26)24(29)30/h3-7,11-12,14,16-17H,8-10,13,15H2,1-2H3,(H,29,30)/b19-14-. The predicted octanol–water partition coefficient (Wildman–Crippen LogP) is 5.35. The van der Waals surface area contributed by atoms with E-state index in [9.17, 15) is 13.4 Å². The van der Waals surface area contributed by atoms with Gasteiger partial charge in [-0.2, -0.15) is 4.39 Å². The first-order valence-electron chi connectivity index (χ1n) is 11.3. The number of rotatable bonds is 5. The molecular formula is C25H27FN2O4S2. The second-order valence-corrected chi connectivity index (χ2v) is 11.5. The van der Waals surface area contributed by atoms with E-state index in [0.29, 0.717) is 27.9 Å². The molecule has 1 heterocycles. The molecule has 3 aliphatic rings. The highest BCUT2D eigenvalue weighted by atomic mass is 32.2. The molecule has 0 saturated heterocycles. The molecule has 0 amide bonds. The summed E-state index contributed by atoms with van der Waals surface area (Å²) in [4.78, 5) is 14.4. The van der Waals surface area contributed by atoms with Gasteiger partial charge in [0, 0.05) is 25.3 Å². The van der Waals surface area contributed by atoms with E-state index in [-0.39, 0.29) is 11.3 Å². The Morgan fingerprint density at radius 3 is 2.68 bits per heavy atom. The maximum Gasteiger partial charge on any atom is 0.368 e. The van der Waals surface area contributed by atoms with Crippen LogP contribution in [0.2, 0.25) is 0 Å². The van der Waals surface area contributed by atoms with E-state index in [1.54, 1.807) is 6.07 Å². The number of hydrogen-bond donors (Lipinski definition) is 1. The minimum Gasteiger partial charge on any atom is -0.476 e. The minimum atomic E-state index is -1.70. The van der Waals surface area contributed by atoms with Crippen LogP contribution in [0.1, 0.15) is 25.7 Å². The quantitative estimate of drug-likeness (QED) is 0.338. The van der Waals surface area contributed by atoms with Gasteiger partial charge in [0.15, 0.2) is 0 Å². The molecule has 2 fully saturated rings.